The van der Waals surface area contributed by atoms with Crippen LogP contribution in [-0.4, -0.2) is 31.5 Å². The maximum atomic E-state index is 13.3. The van der Waals surface area contributed by atoms with Gasteiger partial charge in [-0.2, -0.15) is 0 Å². The first-order valence-corrected chi connectivity index (χ1v) is 6.83. The van der Waals surface area contributed by atoms with Gasteiger partial charge in [0.15, 0.2) is 0 Å². The molecule has 0 aliphatic carbocycles. The molecule has 1 unspecified atom stereocenters. The molecule has 0 bridgehead atoms. The molecule has 108 valence electrons. The van der Waals surface area contributed by atoms with Crippen molar-refractivity contribution in [1.29, 1.82) is 0 Å². The van der Waals surface area contributed by atoms with Gasteiger partial charge in [0, 0.05) is 25.2 Å². The predicted octanol–water partition coefficient (Wildman–Crippen LogP) is 2.22. The third-order valence-corrected chi connectivity index (χ3v) is 3.50. The van der Waals surface area contributed by atoms with E-state index in [0.29, 0.717) is 19.6 Å². The molecule has 3 nitrogen and oxygen atoms in total. The zero-order valence-electron chi connectivity index (χ0n) is 11.6. The van der Waals surface area contributed by atoms with Crippen molar-refractivity contribution in [3.8, 4) is 0 Å². The van der Waals surface area contributed by atoms with E-state index in [2.05, 4.69) is 6.92 Å². The van der Waals surface area contributed by atoms with Crippen molar-refractivity contribution in [2.24, 2.45) is 5.73 Å². The maximum Gasteiger partial charge on any atom is 0.123 e. The quantitative estimate of drug-likeness (QED) is 0.676. The molecular formula is C15H24FNO2. The molecule has 0 amide bonds. The summed E-state index contributed by atoms with van der Waals surface area (Å²) in [6.07, 6.45) is 2.70. The first-order chi connectivity index (χ1) is 9.18. The van der Waals surface area contributed by atoms with Gasteiger partial charge in [0.25, 0.3) is 0 Å². The van der Waals surface area contributed by atoms with Crippen molar-refractivity contribution in [2.45, 2.75) is 31.6 Å². The highest BCUT2D eigenvalue weighted by molar-refractivity contribution is 5.27. The van der Waals surface area contributed by atoms with Gasteiger partial charge >= 0.3 is 0 Å². The molecule has 0 aliphatic heterocycles. The Morgan fingerprint density at radius 3 is 2.74 bits per heavy atom. The van der Waals surface area contributed by atoms with Gasteiger partial charge in [-0.15, -0.1) is 0 Å². The van der Waals surface area contributed by atoms with Crippen LogP contribution in [0.15, 0.2) is 24.3 Å². The minimum atomic E-state index is -0.617. The second-order valence-electron chi connectivity index (χ2n) is 4.87. The Morgan fingerprint density at radius 1 is 1.37 bits per heavy atom. The SMILES string of the molecule is CCCCOCCC(CN)(CO)c1cccc(F)c1. The van der Waals surface area contributed by atoms with Gasteiger partial charge in [-0.1, -0.05) is 25.5 Å². The van der Waals surface area contributed by atoms with E-state index in [0.717, 1.165) is 18.4 Å². The first kappa shape index (κ1) is 16.1. The molecular weight excluding hydrogens is 245 g/mol. The average molecular weight is 269 g/mol. The molecule has 0 spiro atoms. The smallest absolute Gasteiger partial charge is 0.123 e. The van der Waals surface area contributed by atoms with Crippen LogP contribution >= 0.6 is 0 Å². The Hall–Kier alpha value is -0.970. The van der Waals surface area contributed by atoms with Crippen LogP contribution in [0.5, 0.6) is 0 Å². The van der Waals surface area contributed by atoms with Gasteiger partial charge in [-0.3, -0.25) is 0 Å². The number of aliphatic hydroxyl groups is 1. The van der Waals surface area contributed by atoms with Crippen LogP contribution in [0.2, 0.25) is 0 Å². The number of aliphatic hydroxyl groups excluding tert-OH is 1. The molecule has 1 aromatic rings. The highest BCUT2D eigenvalue weighted by Crippen LogP contribution is 2.27. The maximum absolute atomic E-state index is 13.3. The van der Waals surface area contributed by atoms with E-state index >= 15 is 0 Å². The zero-order valence-corrected chi connectivity index (χ0v) is 11.6. The molecule has 1 rings (SSSR count). The molecule has 0 saturated carbocycles. The summed E-state index contributed by atoms with van der Waals surface area (Å²) in [5.74, 6) is -0.310. The number of hydrogen-bond acceptors (Lipinski definition) is 3. The molecule has 19 heavy (non-hydrogen) atoms. The zero-order chi connectivity index (χ0) is 14.1. The van der Waals surface area contributed by atoms with Crippen LogP contribution in [0.4, 0.5) is 4.39 Å². The Kier molecular flexibility index (Phi) is 6.99. The molecule has 1 atom stereocenters. The normalized spacial score (nSPS) is 14.3. The minimum Gasteiger partial charge on any atom is -0.395 e. The lowest BCUT2D eigenvalue weighted by atomic mass is 9.78. The Bertz CT molecular complexity index is 367. The number of rotatable bonds is 9. The highest BCUT2D eigenvalue weighted by Gasteiger charge is 2.30. The van der Waals surface area contributed by atoms with E-state index in [-0.39, 0.29) is 19.0 Å². The second-order valence-corrected chi connectivity index (χ2v) is 4.87. The third kappa shape index (κ3) is 4.56. The van der Waals surface area contributed by atoms with Crippen molar-refractivity contribution >= 4 is 0 Å². The van der Waals surface area contributed by atoms with Crippen LogP contribution in [-0.2, 0) is 10.2 Å². The summed E-state index contributed by atoms with van der Waals surface area (Å²) < 4.78 is 18.8. The summed E-state index contributed by atoms with van der Waals surface area (Å²) in [5.41, 5.74) is 5.92. The largest absolute Gasteiger partial charge is 0.395 e. The number of hydrogen-bond donors (Lipinski definition) is 2. The van der Waals surface area contributed by atoms with Crippen molar-refractivity contribution in [3.63, 3.8) is 0 Å². The molecule has 0 aliphatic rings. The number of nitrogens with two attached hydrogens (primary N) is 1. The lowest BCUT2D eigenvalue weighted by molar-refractivity contribution is 0.0929. The van der Waals surface area contributed by atoms with Gasteiger partial charge in [-0.05, 0) is 30.5 Å². The van der Waals surface area contributed by atoms with Crippen molar-refractivity contribution in [2.75, 3.05) is 26.4 Å². The second kappa shape index (κ2) is 8.25. The summed E-state index contributed by atoms with van der Waals surface area (Å²) in [4.78, 5) is 0. The fourth-order valence-electron chi connectivity index (χ4n) is 2.03. The van der Waals surface area contributed by atoms with E-state index in [4.69, 9.17) is 10.5 Å². The number of ether oxygens (including phenoxy) is 1. The van der Waals surface area contributed by atoms with Gasteiger partial charge < -0.3 is 15.6 Å². The van der Waals surface area contributed by atoms with Crippen molar-refractivity contribution < 1.29 is 14.2 Å². The van der Waals surface area contributed by atoms with Crippen molar-refractivity contribution in [1.82, 2.24) is 0 Å². The average Bonchev–Trinajstić information content (AvgIpc) is 2.43. The van der Waals surface area contributed by atoms with Crippen LogP contribution in [0.3, 0.4) is 0 Å². The van der Waals surface area contributed by atoms with E-state index in [1.807, 2.05) is 0 Å². The fourth-order valence-corrected chi connectivity index (χ4v) is 2.03. The lowest BCUT2D eigenvalue weighted by Crippen LogP contribution is -2.40. The number of halogens is 1. The van der Waals surface area contributed by atoms with E-state index in [9.17, 15) is 9.50 Å². The van der Waals surface area contributed by atoms with Crippen LogP contribution in [0, 0.1) is 5.82 Å². The van der Waals surface area contributed by atoms with E-state index in [1.54, 1.807) is 12.1 Å². The highest BCUT2D eigenvalue weighted by atomic mass is 19.1. The summed E-state index contributed by atoms with van der Waals surface area (Å²) in [6.45, 7) is 3.50. The molecule has 0 saturated heterocycles. The number of unbranched alkanes of at least 4 members (excludes halogenated alkanes) is 1. The summed E-state index contributed by atoms with van der Waals surface area (Å²) in [6, 6.07) is 6.27. The Labute approximate surface area is 114 Å². The van der Waals surface area contributed by atoms with Gasteiger partial charge in [0.05, 0.1) is 6.61 Å². The minimum absolute atomic E-state index is 0.107. The standard InChI is InChI=1S/C15H24FNO2/c1-2-3-8-19-9-7-15(11-17,12-18)13-5-4-6-14(16)10-13/h4-6,10,18H,2-3,7-9,11-12,17H2,1H3. The summed E-state index contributed by atoms with van der Waals surface area (Å²) >= 11 is 0. The lowest BCUT2D eigenvalue weighted by Gasteiger charge is -2.31. The molecule has 0 fully saturated rings. The first-order valence-electron chi connectivity index (χ1n) is 6.83. The van der Waals surface area contributed by atoms with Gasteiger partial charge in [0.2, 0.25) is 0 Å². The van der Waals surface area contributed by atoms with Gasteiger partial charge in [0.1, 0.15) is 5.82 Å². The molecule has 0 radical (unpaired) electrons. The predicted molar refractivity (Wildman–Crippen MR) is 74.6 cm³/mol. The van der Waals surface area contributed by atoms with E-state index < -0.39 is 5.41 Å². The summed E-state index contributed by atoms with van der Waals surface area (Å²) in [5, 5.41) is 9.67. The fraction of sp³-hybridized carbons (Fsp3) is 0.600. The van der Waals surface area contributed by atoms with Gasteiger partial charge in [-0.25, -0.2) is 4.39 Å². The summed E-state index contributed by atoms with van der Waals surface area (Å²) in [7, 11) is 0. The Morgan fingerprint density at radius 2 is 2.16 bits per heavy atom. The molecule has 0 heterocycles. The molecule has 3 N–H and O–H groups in total. The van der Waals surface area contributed by atoms with Crippen LogP contribution in [0.25, 0.3) is 0 Å². The molecule has 4 heteroatoms. The van der Waals surface area contributed by atoms with Crippen LogP contribution in [0.1, 0.15) is 31.7 Å². The third-order valence-electron chi connectivity index (χ3n) is 3.50. The van der Waals surface area contributed by atoms with E-state index in [1.165, 1.54) is 12.1 Å². The monoisotopic (exact) mass is 269 g/mol. The Balaban J connectivity index is 2.68. The van der Waals surface area contributed by atoms with Crippen LogP contribution < -0.4 is 5.73 Å². The molecule has 0 aromatic heterocycles. The van der Waals surface area contributed by atoms with Crippen molar-refractivity contribution in [3.05, 3.63) is 35.6 Å². The molecule has 1 aromatic carbocycles. The topological polar surface area (TPSA) is 55.5 Å². The number of benzene rings is 1.